The number of rotatable bonds is 9. The van der Waals surface area contributed by atoms with Crippen molar-refractivity contribution >= 4 is 6.08 Å². The second kappa shape index (κ2) is 9.81. The number of aromatic amines is 1. The Balaban J connectivity index is 1.57. The molecule has 0 radical (unpaired) electrons. The molecule has 170 valence electrons. The molecule has 0 aliphatic heterocycles. The van der Waals surface area contributed by atoms with Gasteiger partial charge in [-0.05, 0) is 46.9 Å². The van der Waals surface area contributed by atoms with Crippen LogP contribution in [0.2, 0.25) is 0 Å². The molecule has 0 bridgehead atoms. The first-order valence-corrected chi connectivity index (χ1v) is 10.9. The minimum atomic E-state index is -3.04. The molecule has 33 heavy (non-hydrogen) atoms. The molecule has 4 rings (SSSR count). The summed E-state index contributed by atoms with van der Waals surface area (Å²) in [6.45, 7) is 4.06. The summed E-state index contributed by atoms with van der Waals surface area (Å²) in [5.41, 5.74) is 3.83. The standard InChI is InChI=1S/C24H25F2N7/c1-3-5-9-21-27-23(24(25,26)14-4-2)30-33(21)16-17-10-12-18(13-11-17)19-7-6-8-20(15-19)22-28-31-32-29-22/h5-13,15H,3-4,14,16H2,1-2H3,(H,28,29,31,32). The summed E-state index contributed by atoms with van der Waals surface area (Å²) < 4.78 is 30.4. The third-order valence-corrected chi connectivity index (χ3v) is 5.18. The van der Waals surface area contributed by atoms with Gasteiger partial charge in [-0.1, -0.05) is 62.4 Å². The predicted molar refractivity (Wildman–Crippen MR) is 122 cm³/mol. The normalized spacial score (nSPS) is 12.0. The van der Waals surface area contributed by atoms with Gasteiger partial charge in [0.25, 0.3) is 0 Å². The molecule has 0 atom stereocenters. The molecule has 2 aromatic heterocycles. The Kier molecular flexibility index (Phi) is 6.67. The Labute approximate surface area is 190 Å². The van der Waals surface area contributed by atoms with Crippen LogP contribution in [0.1, 0.15) is 50.3 Å². The number of hydrogen-bond donors (Lipinski definition) is 1. The SMILES string of the molecule is CCC=Cc1nc(C(F)(F)CCC)nn1Cc1ccc(-c2cccc(-c3nn[nH]n3)c2)cc1. The van der Waals surface area contributed by atoms with Crippen molar-refractivity contribution in [2.45, 2.75) is 45.6 Å². The molecule has 0 amide bonds. The monoisotopic (exact) mass is 449 g/mol. The highest BCUT2D eigenvalue weighted by molar-refractivity contribution is 5.70. The van der Waals surface area contributed by atoms with E-state index in [4.69, 9.17) is 0 Å². The summed E-state index contributed by atoms with van der Waals surface area (Å²) in [6, 6.07) is 15.8. The van der Waals surface area contributed by atoms with Gasteiger partial charge in [0, 0.05) is 12.0 Å². The number of benzene rings is 2. The fourth-order valence-electron chi connectivity index (χ4n) is 3.50. The number of tetrazole rings is 1. The van der Waals surface area contributed by atoms with Crippen molar-refractivity contribution in [3.05, 3.63) is 71.8 Å². The highest BCUT2D eigenvalue weighted by Crippen LogP contribution is 2.31. The molecule has 1 N–H and O–H groups in total. The molecule has 2 aromatic carbocycles. The maximum atomic E-state index is 14.4. The van der Waals surface area contributed by atoms with Gasteiger partial charge in [0.15, 0.2) is 5.82 Å². The van der Waals surface area contributed by atoms with E-state index in [9.17, 15) is 8.78 Å². The molecule has 0 unspecified atom stereocenters. The molecule has 0 aliphatic carbocycles. The van der Waals surface area contributed by atoms with Crippen molar-refractivity contribution in [1.29, 1.82) is 0 Å². The zero-order valence-electron chi connectivity index (χ0n) is 18.5. The van der Waals surface area contributed by atoms with Crippen LogP contribution in [0.5, 0.6) is 0 Å². The molecular weight excluding hydrogens is 424 g/mol. The maximum Gasteiger partial charge on any atom is 0.308 e. The number of nitrogens with zero attached hydrogens (tertiary/aromatic N) is 6. The number of H-pyrrole nitrogens is 1. The van der Waals surface area contributed by atoms with E-state index in [2.05, 4.69) is 30.7 Å². The Hall–Kier alpha value is -3.75. The van der Waals surface area contributed by atoms with Crippen LogP contribution in [-0.2, 0) is 12.5 Å². The average molecular weight is 450 g/mol. The van der Waals surface area contributed by atoms with Gasteiger partial charge >= 0.3 is 5.92 Å². The van der Waals surface area contributed by atoms with Crippen molar-refractivity contribution in [1.82, 2.24) is 35.4 Å². The van der Waals surface area contributed by atoms with Gasteiger partial charge in [0.2, 0.25) is 11.6 Å². The summed E-state index contributed by atoms with van der Waals surface area (Å²) in [5, 5.41) is 18.3. The largest absolute Gasteiger partial charge is 0.308 e. The molecule has 0 aliphatic rings. The van der Waals surface area contributed by atoms with E-state index in [1.165, 1.54) is 4.68 Å². The fraction of sp³-hybridized carbons (Fsp3) is 0.292. The van der Waals surface area contributed by atoms with Gasteiger partial charge in [-0.25, -0.2) is 9.67 Å². The van der Waals surface area contributed by atoms with E-state index in [0.29, 0.717) is 24.6 Å². The average Bonchev–Trinajstić information content (AvgIpc) is 3.49. The van der Waals surface area contributed by atoms with Crippen LogP contribution < -0.4 is 0 Å². The molecular formula is C24H25F2N7. The van der Waals surface area contributed by atoms with E-state index < -0.39 is 11.7 Å². The van der Waals surface area contributed by atoms with Crippen LogP contribution >= 0.6 is 0 Å². The van der Waals surface area contributed by atoms with Gasteiger partial charge in [0.1, 0.15) is 0 Å². The first-order valence-electron chi connectivity index (χ1n) is 10.9. The number of aromatic nitrogens is 7. The van der Waals surface area contributed by atoms with Crippen molar-refractivity contribution in [2.75, 3.05) is 0 Å². The Morgan fingerprint density at radius 1 is 1.03 bits per heavy atom. The number of allylic oxidation sites excluding steroid dienone is 1. The summed E-state index contributed by atoms with van der Waals surface area (Å²) in [6.07, 6.45) is 4.51. The highest BCUT2D eigenvalue weighted by Gasteiger charge is 2.35. The van der Waals surface area contributed by atoms with Crippen molar-refractivity contribution in [2.24, 2.45) is 0 Å². The van der Waals surface area contributed by atoms with Crippen LogP contribution in [-0.4, -0.2) is 35.4 Å². The quantitative estimate of drug-likeness (QED) is 0.365. The third-order valence-electron chi connectivity index (χ3n) is 5.18. The Morgan fingerprint density at radius 2 is 1.82 bits per heavy atom. The van der Waals surface area contributed by atoms with E-state index in [0.717, 1.165) is 28.7 Å². The van der Waals surface area contributed by atoms with Crippen molar-refractivity contribution in [3.63, 3.8) is 0 Å². The second-order valence-electron chi connectivity index (χ2n) is 7.73. The van der Waals surface area contributed by atoms with E-state index in [-0.39, 0.29) is 6.42 Å². The van der Waals surface area contributed by atoms with Gasteiger partial charge in [-0.3, -0.25) is 0 Å². The first-order chi connectivity index (χ1) is 16.0. The minimum absolute atomic E-state index is 0.272. The molecule has 9 heteroatoms. The first kappa shape index (κ1) is 22.4. The Bertz CT molecular complexity index is 1210. The third kappa shape index (κ3) is 5.19. The Morgan fingerprint density at radius 3 is 2.52 bits per heavy atom. The molecule has 2 heterocycles. The van der Waals surface area contributed by atoms with Crippen LogP contribution in [0, 0.1) is 0 Å². The number of hydrogen-bond acceptors (Lipinski definition) is 5. The molecule has 4 aromatic rings. The lowest BCUT2D eigenvalue weighted by Crippen LogP contribution is -2.15. The smallest absolute Gasteiger partial charge is 0.241 e. The van der Waals surface area contributed by atoms with Crippen molar-refractivity contribution < 1.29 is 8.78 Å². The van der Waals surface area contributed by atoms with Gasteiger partial charge in [-0.15, -0.1) is 15.3 Å². The predicted octanol–water partition coefficient (Wildman–Crippen LogP) is 5.49. The van der Waals surface area contributed by atoms with E-state index >= 15 is 0 Å². The van der Waals surface area contributed by atoms with Crippen LogP contribution in [0.3, 0.4) is 0 Å². The summed E-state index contributed by atoms with van der Waals surface area (Å²) in [5.74, 6) is -2.50. The summed E-state index contributed by atoms with van der Waals surface area (Å²) in [7, 11) is 0. The molecule has 7 nitrogen and oxygen atoms in total. The zero-order chi connectivity index (χ0) is 23.3. The van der Waals surface area contributed by atoms with Gasteiger partial charge in [0.05, 0.1) is 6.54 Å². The number of nitrogens with one attached hydrogen (secondary N) is 1. The summed E-state index contributed by atoms with van der Waals surface area (Å²) >= 11 is 0. The molecule has 0 fully saturated rings. The van der Waals surface area contributed by atoms with E-state index in [1.807, 2.05) is 61.5 Å². The van der Waals surface area contributed by atoms with Gasteiger partial charge in [-0.2, -0.15) is 14.0 Å². The molecule has 0 spiro atoms. The molecule has 0 saturated heterocycles. The second-order valence-corrected chi connectivity index (χ2v) is 7.73. The number of halogens is 2. The van der Waals surface area contributed by atoms with Gasteiger partial charge < -0.3 is 0 Å². The summed E-state index contributed by atoms with van der Waals surface area (Å²) in [4.78, 5) is 4.13. The minimum Gasteiger partial charge on any atom is -0.241 e. The maximum absolute atomic E-state index is 14.4. The van der Waals surface area contributed by atoms with Crippen LogP contribution in [0.4, 0.5) is 8.78 Å². The molecule has 0 saturated carbocycles. The lowest BCUT2D eigenvalue weighted by Gasteiger charge is -2.10. The lowest BCUT2D eigenvalue weighted by atomic mass is 10.0. The van der Waals surface area contributed by atoms with Crippen LogP contribution in [0.25, 0.3) is 28.6 Å². The fourth-order valence-corrected chi connectivity index (χ4v) is 3.50. The van der Waals surface area contributed by atoms with Crippen molar-refractivity contribution in [3.8, 4) is 22.5 Å². The lowest BCUT2D eigenvalue weighted by molar-refractivity contribution is -0.0232. The topological polar surface area (TPSA) is 85.2 Å². The van der Waals surface area contributed by atoms with Crippen LogP contribution in [0.15, 0.2) is 54.6 Å². The highest BCUT2D eigenvalue weighted by atomic mass is 19.3. The van der Waals surface area contributed by atoms with E-state index in [1.54, 1.807) is 13.0 Å². The number of alkyl halides is 2. The zero-order valence-corrected chi connectivity index (χ0v) is 18.5.